The van der Waals surface area contributed by atoms with Crippen molar-refractivity contribution in [2.75, 3.05) is 6.54 Å². The number of benzene rings is 2. The van der Waals surface area contributed by atoms with E-state index < -0.39 is 55.3 Å². The molecule has 1 amide bonds. The van der Waals surface area contributed by atoms with Gasteiger partial charge in [-0.15, -0.1) is 0 Å². The fourth-order valence-electron chi connectivity index (χ4n) is 3.13. The molecule has 0 aliphatic heterocycles. The van der Waals surface area contributed by atoms with Crippen LogP contribution in [0.1, 0.15) is 56.0 Å². The van der Waals surface area contributed by atoms with E-state index in [1.165, 1.54) is 13.8 Å². The second-order valence-corrected chi connectivity index (χ2v) is 9.55. The van der Waals surface area contributed by atoms with Gasteiger partial charge >= 0.3 is 16.5 Å². The molecule has 0 heterocycles. The van der Waals surface area contributed by atoms with E-state index in [1.807, 2.05) is 6.92 Å². The number of nitro benzene ring substituents is 1. The lowest BCUT2D eigenvalue weighted by Crippen LogP contribution is -2.39. The quantitative estimate of drug-likeness (QED) is 0.235. The van der Waals surface area contributed by atoms with Crippen molar-refractivity contribution in [1.82, 2.24) is 4.31 Å². The van der Waals surface area contributed by atoms with Crippen LogP contribution < -0.4 is 4.74 Å². The largest absolute Gasteiger partial charge is 0.456 e. The van der Waals surface area contributed by atoms with Gasteiger partial charge in [0, 0.05) is 18.7 Å². The standard InChI is InChI=1S/C22H24ClF3N2O7S/c1-4-6-7-14(3)35-36(32,33)27(5-2)21(29)17-13-16(9-10-19(17)28(30)31)34-20-11-8-15(12-18(20)23)22(24,25)26/h8-14H,4-7H2,1-3H3. The van der Waals surface area contributed by atoms with Crippen molar-refractivity contribution in [1.29, 1.82) is 0 Å². The van der Waals surface area contributed by atoms with Crippen LogP contribution in [-0.2, 0) is 20.7 Å². The summed E-state index contributed by atoms with van der Waals surface area (Å²) in [5, 5.41) is 11.1. The molecule has 9 nitrogen and oxygen atoms in total. The van der Waals surface area contributed by atoms with Gasteiger partial charge in [-0.25, -0.2) is 4.31 Å². The molecule has 0 aliphatic carbocycles. The van der Waals surface area contributed by atoms with Gasteiger partial charge in [-0.05, 0) is 44.5 Å². The number of nitro groups is 1. The Morgan fingerprint density at radius 3 is 2.39 bits per heavy atom. The van der Waals surface area contributed by atoms with E-state index in [9.17, 15) is 36.5 Å². The maximum Gasteiger partial charge on any atom is 0.416 e. The first kappa shape index (κ1) is 29.3. The molecule has 0 aromatic heterocycles. The van der Waals surface area contributed by atoms with Crippen molar-refractivity contribution < 1.29 is 40.2 Å². The van der Waals surface area contributed by atoms with Crippen LogP contribution in [0.2, 0.25) is 5.02 Å². The second-order valence-electron chi connectivity index (χ2n) is 7.66. The normalized spacial score (nSPS) is 12.8. The van der Waals surface area contributed by atoms with Gasteiger partial charge in [-0.1, -0.05) is 31.4 Å². The minimum absolute atomic E-state index is 0.198. The molecule has 0 fully saturated rings. The zero-order valence-electron chi connectivity index (χ0n) is 19.5. The van der Waals surface area contributed by atoms with Crippen LogP contribution in [0, 0.1) is 10.1 Å². The van der Waals surface area contributed by atoms with Crippen LogP contribution in [0.4, 0.5) is 18.9 Å². The van der Waals surface area contributed by atoms with Gasteiger partial charge in [0.1, 0.15) is 17.1 Å². The maximum absolute atomic E-state index is 13.1. The molecule has 2 rings (SSSR count). The highest BCUT2D eigenvalue weighted by atomic mass is 35.5. The zero-order chi connectivity index (χ0) is 27.3. The molecule has 14 heteroatoms. The Labute approximate surface area is 211 Å². The third-order valence-corrected chi connectivity index (χ3v) is 6.75. The first-order chi connectivity index (χ1) is 16.7. The van der Waals surface area contributed by atoms with Gasteiger partial charge in [0.25, 0.3) is 11.6 Å². The lowest BCUT2D eigenvalue weighted by Gasteiger charge is -2.22. The highest BCUT2D eigenvalue weighted by molar-refractivity contribution is 7.85. The Balaban J connectivity index is 2.42. The third-order valence-electron chi connectivity index (χ3n) is 4.92. The summed E-state index contributed by atoms with van der Waals surface area (Å²) in [6.45, 7) is 4.41. The average Bonchev–Trinajstić information content (AvgIpc) is 2.77. The number of alkyl halides is 3. The lowest BCUT2D eigenvalue weighted by molar-refractivity contribution is -0.385. The predicted molar refractivity (Wildman–Crippen MR) is 125 cm³/mol. The molecule has 0 aliphatic rings. The molecule has 0 saturated carbocycles. The second kappa shape index (κ2) is 11.9. The highest BCUT2D eigenvalue weighted by Crippen LogP contribution is 2.37. The summed E-state index contributed by atoms with van der Waals surface area (Å²) >= 11 is 5.88. The lowest BCUT2D eigenvalue weighted by atomic mass is 10.1. The Kier molecular flexibility index (Phi) is 9.69. The fourth-order valence-corrected chi connectivity index (χ4v) is 4.58. The number of unbranched alkanes of at least 4 members (excludes halogenated alkanes) is 1. The van der Waals surface area contributed by atoms with E-state index in [0.717, 1.165) is 36.8 Å². The number of carbonyl (C=O) groups excluding carboxylic acids is 1. The molecule has 0 spiro atoms. The summed E-state index contributed by atoms with van der Waals surface area (Å²) < 4.78 is 75.0. The van der Waals surface area contributed by atoms with Crippen LogP contribution in [0.5, 0.6) is 11.5 Å². The first-order valence-electron chi connectivity index (χ1n) is 10.8. The topological polar surface area (TPSA) is 116 Å². The molecule has 2 aromatic rings. The van der Waals surface area contributed by atoms with E-state index in [0.29, 0.717) is 23.2 Å². The van der Waals surface area contributed by atoms with Crippen LogP contribution >= 0.6 is 11.6 Å². The number of hydrogen-bond acceptors (Lipinski definition) is 7. The number of hydrogen-bond donors (Lipinski definition) is 0. The number of carbonyl (C=O) groups is 1. The van der Waals surface area contributed by atoms with E-state index in [-0.39, 0.29) is 18.0 Å². The Hall–Kier alpha value is -2.90. The molecule has 0 saturated heterocycles. The van der Waals surface area contributed by atoms with E-state index >= 15 is 0 Å². The molecule has 0 bridgehead atoms. The van der Waals surface area contributed by atoms with E-state index in [1.54, 1.807) is 0 Å². The van der Waals surface area contributed by atoms with Crippen LogP contribution in [-0.4, -0.2) is 36.2 Å². The number of ether oxygens (including phenoxy) is 1. The van der Waals surface area contributed by atoms with Crippen molar-refractivity contribution in [3.63, 3.8) is 0 Å². The monoisotopic (exact) mass is 552 g/mol. The van der Waals surface area contributed by atoms with Gasteiger partial charge in [-0.2, -0.15) is 21.6 Å². The average molecular weight is 553 g/mol. The number of halogens is 4. The smallest absolute Gasteiger partial charge is 0.416 e. The van der Waals surface area contributed by atoms with Gasteiger partial charge in [0.15, 0.2) is 0 Å². The van der Waals surface area contributed by atoms with E-state index in [4.69, 9.17) is 20.5 Å². The predicted octanol–water partition coefficient (Wildman–Crippen LogP) is 6.36. The van der Waals surface area contributed by atoms with Gasteiger partial charge < -0.3 is 4.74 Å². The minimum Gasteiger partial charge on any atom is -0.456 e. The molecule has 0 radical (unpaired) electrons. The maximum atomic E-state index is 13.1. The molecule has 0 N–H and O–H groups in total. The van der Waals surface area contributed by atoms with Crippen molar-refractivity contribution in [3.05, 3.63) is 62.7 Å². The number of nitrogens with zero attached hydrogens (tertiary/aromatic N) is 2. The fraction of sp³-hybridized carbons (Fsp3) is 0.409. The molecule has 2 aromatic carbocycles. The molecule has 1 atom stereocenters. The first-order valence-corrected chi connectivity index (χ1v) is 12.5. The third kappa shape index (κ3) is 7.31. The van der Waals surface area contributed by atoms with Gasteiger partial charge in [-0.3, -0.25) is 19.1 Å². The summed E-state index contributed by atoms with van der Waals surface area (Å²) in [7, 11) is -4.60. The molecular formula is C22H24ClF3N2O7S. The molecule has 36 heavy (non-hydrogen) atoms. The molecule has 198 valence electrons. The SMILES string of the molecule is CCCCC(C)OS(=O)(=O)N(CC)C(=O)c1cc(Oc2ccc(C(F)(F)F)cc2Cl)ccc1[N+](=O)[O-]. The number of amides is 1. The summed E-state index contributed by atoms with van der Waals surface area (Å²) in [4.78, 5) is 23.8. The number of rotatable bonds is 11. The summed E-state index contributed by atoms with van der Waals surface area (Å²) in [5.74, 6) is -1.66. The highest BCUT2D eigenvalue weighted by Gasteiger charge is 2.34. The molecular weight excluding hydrogens is 529 g/mol. The Morgan fingerprint density at radius 2 is 1.86 bits per heavy atom. The van der Waals surface area contributed by atoms with Crippen molar-refractivity contribution in [2.24, 2.45) is 0 Å². The van der Waals surface area contributed by atoms with Gasteiger partial charge in [0.05, 0.1) is 21.6 Å². The summed E-state index contributed by atoms with van der Waals surface area (Å²) in [5.41, 5.74) is -2.36. The molecule has 1 unspecified atom stereocenters. The van der Waals surface area contributed by atoms with Crippen molar-refractivity contribution in [3.8, 4) is 11.5 Å². The van der Waals surface area contributed by atoms with E-state index in [2.05, 4.69) is 0 Å². The Morgan fingerprint density at radius 1 is 1.19 bits per heavy atom. The van der Waals surface area contributed by atoms with Crippen LogP contribution in [0.25, 0.3) is 0 Å². The van der Waals surface area contributed by atoms with Crippen LogP contribution in [0.15, 0.2) is 36.4 Å². The summed E-state index contributed by atoms with van der Waals surface area (Å²) in [6, 6.07) is 5.22. The minimum atomic E-state index is -4.64. The van der Waals surface area contributed by atoms with Crippen LogP contribution in [0.3, 0.4) is 0 Å². The van der Waals surface area contributed by atoms with Crippen molar-refractivity contribution >= 4 is 33.5 Å². The van der Waals surface area contributed by atoms with Crippen molar-refractivity contribution in [2.45, 2.75) is 52.3 Å². The summed E-state index contributed by atoms with van der Waals surface area (Å²) in [6.07, 6.45) is -3.47. The van der Waals surface area contributed by atoms with Gasteiger partial charge in [0.2, 0.25) is 0 Å². The Bertz CT molecular complexity index is 1220. The zero-order valence-corrected chi connectivity index (χ0v) is 21.1.